The largest absolute Gasteiger partial charge is 0.496 e. The third-order valence-corrected chi connectivity index (χ3v) is 5.31. The van der Waals surface area contributed by atoms with E-state index < -0.39 is 0 Å². The summed E-state index contributed by atoms with van der Waals surface area (Å²) in [6.45, 7) is 0. The molecule has 0 saturated carbocycles. The van der Waals surface area contributed by atoms with Crippen molar-refractivity contribution in [1.29, 1.82) is 0 Å². The molecule has 0 saturated heterocycles. The maximum absolute atomic E-state index is 13.3. The number of hydrogen-bond donors (Lipinski definition) is 0. The first kappa shape index (κ1) is 17.2. The second-order valence-corrected chi connectivity index (χ2v) is 6.87. The molecule has 4 aromatic rings. The van der Waals surface area contributed by atoms with Gasteiger partial charge in [-0.2, -0.15) is 0 Å². The van der Waals surface area contributed by atoms with Gasteiger partial charge in [0.2, 0.25) is 0 Å². The zero-order valence-electron chi connectivity index (χ0n) is 15.8. The Kier molecular flexibility index (Phi) is 3.91. The number of hydrogen-bond acceptors (Lipinski definition) is 3. The van der Waals surface area contributed by atoms with Crippen LogP contribution >= 0.6 is 0 Å². The van der Waals surface area contributed by atoms with Gasteiger partial charge < -0.3 is 4.74 Å². The second-order valence-electron chi connectivity index (χ2n) is 6.87. The number of anilines is 1. The lowest BCUT2D eigenvalue weighted by Crippen LogP contribution is -2.40. The Labute approximate surface area is 168 Å². The Morgan fingerprint density at radius 1 is 0.621 bits per heavy atom. The van der Waals surface area contributed by atoms with E-state index in [4.69, 9.17) is 4.74 Å². The molecule has 0 atom stereocenters. The van der Waals surface area contributed by atoms with Crippen LogP contribution in [0.5, 0.6) is 5.75 Å². The first-order valence-corrected chi connectivity index (χ1v) is 9.33. The highest BCUT2D eigenvalue weighted by Gasteiger charge is 2.35. The highest BCUT2D eigenvalue weighted by atomic mass is 16.5. The maximum atomic E-state index is 13.3. The number of methoxy groups -OCH3 is 1. The van der Waals surface area contributed by atoms with Gasteiger partial charge >= 0.3 is 0 Å². The summed E-state index contributed by atoms with van der Waals surface area (Å²) in [5, 5.41) is 1.43. The molecule has 140 valence electrons. The number of benzene rings is 4. The third-order valence-electron chi connectivity index (χ3n) is 5.31. The summed E-state index contributed by atoms with van der Waals surface area (Å²) in [4.78, 5) is 27.9. The highest BCUT2D eigenvalue weighted by Crippen LogP contribution is 2.42. The van der Waals surface area contributed by atoms with E-state index in [9.17, 15) is 9.59 Å². The number of para-hydroxylation sites is 1. The Morgan fingerprint density at radius 3 is 1.79 bits per heavy atom. The quantitative estimate of drug-likeness (QED) is 0.453. The van der Waals surface area contributed by atoms with E-state index in [1.165, 1.54) is 4.90 Å². The molecular weight excluding hydrogens is 362 g/mol. The lowest BCUT2D eigenvalue weighted by molar-refractivity contribution is 0.0893. The van der Waals surface area contributed by atoms with Crippen molar-refractivity contribution in [2.75, 3.05) is 12.0 Å². The summed E-state index contributed by atoms with van der Waals surface area (Å²) in [5.41, 5.74) is 3.48. The molecular formula is C25H17NO3. The van der Waals surface area contributed by atoms with Gasteiger partial charge in [0.25, 0.3) is 11.8 Å². The third kappa shape index (κ3) is 2.53. The molecule has 0 unspecified atom stereocenters. The van der Waals surface area contributed by atoms with Crippen molar-refractivity contribution >= 4 is 28.3 Å². The minimum atomic E-state index is -0.327. The predicted octanol–water partition coefficient (Wildman–Crippen LogP) is 5.32. The molecule has 1 heterocycles. The molecule has 1 aliphatic heterocycles. The van der Waals surface area contributed by atoms with E-state index >= 15 is 0 Å². The standard InChI is InChI=1S/C25H17NO3/c1-29-21-15-14-20-22-19(13-12-18(23(21)22)16-8-4-2-5-9-16)24(27)26(25(20)28)17-10-6-3-7-11-17/h2-15H,1H3. The van der Waals surface area contributed by atoms with Gasteiger partial charge in [0, 0.05) is 21.9 Å². The van der Waals surface area contributed by atoms with Crippen molar-refractivity contribution in [2.24, 2.45) is 0 Å². The second kappa shape index (κ2) is 6.60. The van der Waals surface area contributed by atoms with Gasteiger partial charge in [0.05, 0.1) is 12.8 Å². The zero-order valence-corrected chi connectivity index (χ0v) is 15.8. The Hall–Kier alpha value is -3.92. The monoisotopic (exact) mass is 379 g/mol. The van der Waals surface area contributed by atoms with Crippen molar-refractivity contribution < 1.29 is 14.3 Å². The van der Waals surface area contributed by atoms with Crippen molar-refractivity contribution in [1.82, 2.24) is 0 Å². The molecule has 0 aromatic heterocycles. The topological polar surface area (TPSA) is 46.6 Å². The minimum Gasteiger partial charge on any atom is -0.496 e. The van der Waals surface area contributed by atoms with Gasteiger partial charge in [-0.3, -0.25) is 9.59 Å². The molecule has 0 N–H and O–H groups in total. The first-order valence-electron chi connectivity index (χ1n) is 9.33. The SMILES string of the molecule is COc1ccc2c3c(ccc(-c4ccccc4)c13)C(=O)N(c1ccccc1)C2=O. The average Bonchev–Trinajstić information content (AvgIpc) is 2.78. The lowest BCUT2D eigenvalue weighted by atomic mass is 9.88. The van der Waals surface area contributed by atoms with Crippen molar-refractivity contribution in [3.63, 3.8) is 0 Å². The van der Waals surface area contributed by atoms with Crippen LogP contribution in [0.25, 0.3) is 21.9 Å². The predicted molar refractivity (Wildman–Crippen MR) is 114 cm³/mol. The molecule has 5 rings (SSSR count). The van der Waals surface area contributed by atoms with E-state index in [0.29, 0.717) is 28.0 Å². The molecule has 4 aromatic carbocycles. The van der Waals surface area contributed by atoms with E-state index in [-0.39, 0.29) is 11.8 Å². The van der Waals surface area contributed by atoms with Gasteiger partial charge in [-0.1, -0.05) is 54.6 Å². The van der Waals surface area contributed by atoms with Crippen LogP contribution in [0.2, 0.25) is 0 Å². The van der Waals surface area contributed by atoms with Crippen molar-refractivity contribution in [3.05, 3.63) is 96.1 Å². The molecule has 2 amide bonds. The summed E-state index contributed by atoms with van der Waals surface area (Å²) in [7, 11) is 1.60. The van der Waals surface area contributed by atoms with Crippen LogP contribution in [-0.4, -0.2) is 18.9 Å². The van der Waals surface area contributed by atoms with E-state index in [0.717, 1.165) is 16.5 Å². The normalized spacial score (nSPS) is 13.1. The average molecular weight is 379 g/mol. The number of nitrogens with zero attached hydrogens (tertiary/aromatic N) is 1. The first-order chi connectivity index (χ1) is 14.2. The van der Waals surface area contributed by atoms with E-state index in [1.807, 2.05) is 54.6 Å². The number of imide groups is 1. The van der Waals surface area contributed by atoms with E-state index in [1.54, 1.807) is 37.4 Å². The Balaban J connectivity index is 1.83. The molecule has 29 heavy (non-hydrogen) atoms. The molecule has 0 spiro atoms. The van der Waals surface area contributed by atoms with Crippen LogP contribution in [0.1, 0.15) is 20.7 Å². The molecule has 0 bridgehead atoms. The summed E-state index contributed by atoms with van der Waals surface area (Å²) in [6, 6.07) is 26.2. The highest BCUT2D eigenvalue weighted by molar-refractivity contribution is 6.37. The van der Waals surface area contributed by atoms with Gasteiger partial charge in [0.1, 0.15) is 5.75 Å². The van der Waals surface area contributed by atoms with Crippen LogP contribution < -0.4 is 9.64 Å². The van der Waals surface area contributed by atoms with Crippen LogP contribution in [0.4, 0.5) is 5.69 Å². The van der Waals surface area contributed by atoms with Crippen molar-refractivity contribution in [2.45, 2.75) is 0 Å². The molecule has 4 heteroatoms. The van der Waals surface area contributed by atoms with Crippen LogP contribution in [0, 0.1) is 0 Å². The number of ether oxygens (including phenoxy) is 1. The van der Waals surface area contributed by atoms with Gasteiger partial charge in [-0.25, -0.2) is 4.90 Å². The van der Waals surface area contributed by atoms with Gasteiger partial charge in [-0.05, 0) is 41.5 Å². The summed E-state index contributed by atoms with van der Waals surface area (Å²) < 4.78 is 5.61. The molecule has 1 aliphatic rings. The Bertz CT molecular complexity index is 1240. The van der Waals surface area contributed by atoms with Crippen molar-refractivity contribution in [3.8, 4) is 16.9 Å². The number of amides is 2. The number of carbonyl (C=O) groups is 2. The summed E-state index contributed by atoms with van der Waals surface area (Å²) in [6.07, 6.45) is 0. The minimum absolute atomic E-state index is 0.327. The fourth-order valence-electron chi connectivity index (χ4n) is 3.99. The van der Waals surface area contributed by atoms with E-state index in [2.05, 4.69) is 0 Å². The van der Waals surface area contributed by atoms with Crippen LogP contribution in [-0.2, 0) is 0 Å². The zero-order chi connectivity index (χ0) is 20.0. The summed E-state index contributed by atoms with van der Waals surface area (Å²) >= 11 is 0. The fourth-order valence-corrected chi connectivity index (χ4v) is 3.99. The fraction of sp³-hybridized carbons (Fsp3) is 0.0400. The molecule has 0 fully saturated rings. The smallest absolute Gasteiger partial charge is 0.265 e. The van der Waals surface area contributed by atoms with Gasteiger partial charge in [-0.15, -0.1) is 0 Å². The van der Waals surface area contributed by atoms with Crippen LogP contribution in [0.15, 0.2) is 84.9 Å². The summed E-state index contributed by atoms with van der Waals surface area (Å²) in [5.74, 6) is -0.0173. The van der Waals surface area contributed by atoms with Gasteiger partial charge in [0.15, 0.2) is 0 Å². The lowest BCUT2D eigenvalue weighted by Gasteiger charge is -2.28. The molecule has 0 aliphatic carbocycles. The molecule has 0 radical (unpaired) electrons. The number of rotatable bonds is 3. The molecule has 4 nitrogen and oxygen atoms in total. The van der Waals surface area contributed by atoms with Crippen LogP contribution in [0.3, 0.4) is 0 Å². The number of carbonyl (C=O) groups excluding carboxylic acids is 2. The maximum Gasteiger partial charge on any atom is 0.265 e. The Morgan fingerprint density at radius 2 is 1.17 bits per heavy atom.